The van der Waals surface area contributed by atoms with Crippen LogP contribution in [-0.2, 0) is 23.9 Å². The molecule has 0 aliphatic heterocycles. The molecule has 1 N–H and O–H groups in total. The van der Waals surface area contributed by atoms with Crippen molar-refractivity contribution in [2.45, 2.75) is 83.4 Å². The molecule has 8 nitrogen and oxygen atoms in total. The van der Waals surface area contributed by atoms with E-state index in [1.165, 1.54) is 18.4 Å². The van der Waals surface area contributed by atoms with Crippen molar-refractivity contribution < 1.29 is 23.9 Å². The number of rotatable bonds is 11. The van der Waals surface area contributed by atoms with Gasteiger partial charge in [-0.3, -0.25) is 9.59 Å². The smallest absolute Gasteiger partial charge is 0.329 e. The van der Waals surface area contributed by atoms with Crippen LogP contribution in [0.25, 0.3) is 11.3 Å². The number of ether oxygens (including phenoxy) is 2. The second kappa shape index (κ2) is 13.2. The van der Waals surface area contributed by atoms with Crippen LogP contribution in [0, 0.1) is 0 Å². The van der Waals surface area contributed by atoms with Crippen molar-refractivity contribution in [3.8, 4) is 11.3 Å². The Kier molecular flexibility index (Phi) is 10.3. The van der Waals surface area contributed by atoms with E-state index in [9.17, 15) is 14.4 Å². The lowest BCUT2D eigenvalue weighted by Gasteiger charge is -2.35. The van der Waals surface area contributed by atoms with Crippen molar-refractivity contribution in [2.75, 3.05) is 19.0 Å². The summed E-state index contributed by atoms with van der Waals surface area (Å²) in [6, 6.07) is 6.45. The van der Waals surface area contributed by atoms with Gasteiger partial charge in [-0.05, 0) is 46.1 Å². The minimum Gasteiger partial charge on any atom is -0.467 e. The molecule has 0 spiro atoms. The molecule has 1 aliphatic rings. The van der Waals surface area contributed by atoms with Crippen LogP contribution in [0.2, 0.25) is 5.02 Å². The van der Waals surface area contributed by atoms with Crippen molar-refractivity contribution >= 4 is 45.9 Å². The molecule has 202 valence electrons. The predicted molar refractivity (Wildman–Crippen MR) is 146 cm³/mol. The number of nitrogens with one attached hydrogen (secondary N) is 1. The van der Waals surface area contributed by atoms with Gasteiger partial charge in [0.2, 0.25) is 5.91 Å². The molecule has 1 fully saturated rings. The molecule has 1 aromatic carbocycles. The molecule has 1 saturated carbocycles. The minimum atomic E-state index is -0.999. The Labute approximate surface area is 227 Å². The molecule has 1 heterocycles. The quantitative estimate of drug-likeness (QED) is 0.283. The van der Waals surface area contributed by atoms with Crippen LogP contribution in [0.4, 0.5) is 5.13 Å². The molecule has 0 bridgehead atoms. The van der Waals surface area contributed by atoms with E-state index in [1.807, 2.05) is 29.6 Å². The number of carbonyl (C=O) groups is 3. The fourth-order valence-electron chi connectivity index (χ4n) is 4.50. The SMILES string of the molecule is COC(=O)C(CC(=O)OC(C)(C)C)N(C(=O)CCCNc1nc(-c2ccccc2Cl)cs1)C1CCCC1. The second-order valence-corrected chi connectivity index (χ2v) is 11.4. The maximum absolute atomic E-state index is 13.4. The van der Waals surface area contributed by atoms with E-state index in [-0.39, 0.29) is 24.8 Å². The summed E-state index contributed by atoms with van der Waals surface area (Å²) < 4.78 is 10.4. The highest BCUT2D eigenvalue weighted by Crippen LogP contribution is 2.31. The summed E-state index contributed by atoms with van der Waals surface area (Å²) in [4.78, 5) is 44.9. The summed E-state index contributed by atoms with van der Waals surface area (Å²) in [6.07, 6.45) is 4.11. The fourth-order valence-corrected chi connectivity index (χ4v) is 5.47. The minimum absolute atomic E-state index is 0.0934. The number of carbonyl (C=O) groups excluding carboxylic acids is 3. The molecule has 1 aliphatic carbocycles. The predicted octanol–water partition coefficient (Wildman–Crippen LogP) is 5.70. The van der Waals surface area contributed by atoms with Gasteiger partial charge in [0, 0.05) is 35.0 Å². The Hall–Kier alpha value is -2.65. The maximum Gasteiger partial charge on any atom is 0.329 e. The average Bonchev–Trinajstić information content (AvgIpc) is 3.53. The van der Waals surface area contributed by atoms with Gasteiger partial charge in [0.1, 0.15) is 11.6 Å². The number of halogens is 1. The van der Waals surface area contributed by atoms with Crippen LogP contribution < -0.4 is 5.32 Å². The third-order valence-electron chi connectivity index (χ3n) is 6.09. The Morgan fingerprint density at radius 3 is 2.57 bits per heavy atom. The van der Waals surface area contributed by atoms with Gasteiger partial charge >= 0.3 is 11.9 Å². The molecule has 0 saturated heterocycles. The fraction of sp³-hybridized carbons (Fsp3) is 0.556. The molecule has 1 unspecified atom stereocenters. The van der Waals surface area contributed by atoms with E-state index in [0.717, 1.165) is 42.1 Å². The van der Waals surface area contributed by atoms with Gasteiger partial charge in [0.05, 0.1) is 19.2 Å². The first-order valence-electron chi connectivity index (χ1n) is 12.6. The van der Waals surface area contributed by atoms with Crippen molar-refractivity contribution in [3.05, 3.63) is 34.7 Å². The number of hydrogen-bond acceptors (Lipinski definition) is 8. The largest absolute Gasteiger partial charge is 0.467 e. The van der Waals surface area contributed by atoms with E-state index >= 15 is 0 Å². The van der Waals surface area contributed by atoms with Gasteiger partial charge in [-0.25, -0.2) is 9.78 Å². The number of anilines is 1. The zero-order valence-corrected chi connectivity index (χ0v) is 23.5. The maximum atomic E-state index is 13.4. The van der Waals surface area contributed by atoms with Gasteiger partial charge in [0.25, 0.3) is 0 Å². The number of benzene rings is 1. The molecule has 1 atom stereocenters. The van der Waals surface area contributed by atoms with Crippen molar-refractivity contribution in [2.24, 2.45) is 0 Å². The third kappa shape index (κ3) is 8.43. The first kappa shape index (κ1) is 28.9. The van der Waals surface area contributed by atoms with Crippen molar-refractivity contribution in [1.82, 2.24) is 9.88 Å². The number of nitrogens with zero attached hydrogens (tertiary/aromatic N) is 2. The summed E-state index contributed by atoms with van der Waals surface area (Å²) in [5.74, 6) is -1.29. The van der Waals surface area contributed by atoms with E-state index in [4.69, 9.17) is 21.1 Å². The highest BCUT2D eigenvalue weighted by atomic mass is 35.5. The molecule has 37 heavy (non-hydrogen) atoms. The first-order chi connectivity index (χ1) is 17.6. The van der Waals surface area contributed by atoms with Crippen LogP contribution in [0.3, 0.4) is 0 Å². The van der Waals surface area contributed by atoms with Gasteiger partial charge in [-0.1, -0.05) is 42.6 Å². The summed E-state index contributed by atoms with van der Waals surface area (Å²) >= 11 is 7.75. The number of aromatic nitrogens is 1. The number of thiazole rings is 1. The lowest BCUT2D eigenvalue weighted by atomic mass is 10.1. The van der Waals surface area contributed by atoms with Crippen molar-refractivity contribution in [1.29, 1.82) is 0 Å². The first-order valence-corrected chi connectivity index (χ1v) is 13.9. The molecule has 10 heteroatoms. The Bertz CT molecular complexity index is 1080. The van der Waals surface area contributed by atoms with Gasteiger partial charge in [-0.15, -0.1) is 11.3 Å². The topological polar surface area (TPSA) is 97.8 Å². The highest BCUT2D eigenvalue weighted by molar-refractivity contribution is 7.14. The van der Waals surface area contributed by atoms with E-state index < -0.39 is 23.6 Å². The van der Waals surface area contributed by atoms with Gasteiger partial charge in [-0.2, -0.15) is 0 Å². The summed E-state index contributed by atoms with van der Waals surface area (Å²) in [7, 11) is 1.27. The van der Waals surface area contributed by atoms with Crippen LogP contribution >= 0.6 is 22.9 Å². The number of hydrogen-bond donors (Lipinski definition) is 1. The van der Waals surface area contributed by atoms with Crippen LogP contribution in [-0.4, -0.2) is 59.1 Å². The average molecular weight is 550 g/mol. The number of amides is 1. The zero-order chi connectivity index (χ0) is 27.0. The molecular weight excluding hydrogens is 514 g/mol. The highest BCUT2D eigenvalue weighted by Gasteiger charge is 2.39. The number of esters is 2. The summed E-state index contributed by atoms with van der Waals surface area (Å²) in [5, 5.41) is 6.59. The van der Waals surface area contributed by atoms with Crippen LogP contribution in [0.5, 0.6) is 0 Å². The standard InChI is InChI=1S/C27H36ClN3O5S/c1-27(2,3)36-24(33)16-22(25(34)35-4)31(18-10-5-6-11-18)23(32)14-9-15-29-26-30-21(17-37-26)19-12-7-8-13-20(19)28/h7-8,12-13,17-18,22H,5-6,9-11,14-16H2,1-4H3,(H,29,30). The zero-order valence-electron chi connectivity index (χ0n) is 21.9. The molecule has 2 aromatic rings. The molecule has 0 radical (unpaired) electrons. The third-order valence-corrected chi connectivity index (χ3v) is 7.22. The van der Waals surface area contributed by atoms with Gasteiger partial charge < -0.3 is 19.7 Å². The number of methoxy groups -OCH3 is 1. The Balaban J connectivity index is 1.62. The summed E-state index contributed by atoms with van der Waals surface area (Å²) in [6.45, 7) is 5.84. The van der Waals surface area contributed by atoms with E-state index in [0.29, 0.717) is 18.0 Å². The lowest BCUT2D eigenvalue weighted by Crippen LogP contribution is -2.51. The van der Waals surface area contributed by atoms with E-state index in [2.05, 4.69) is 10.3 Å². The van der Waals surface area contributed by atoms with E-state index in [1.54, 1.807) is 25.7 Å². The normalized spacial score (nSPS) is 14.7. The molecular formula is C27H36ClN3O5S. The molecule has 3 rings (SSSR count). The lowest BCUT2D eigenvalue weighted by molar-refractivity contribution is -0.164. The molecule has 1 amide bonds. The molecule has 1 aromatic heterocycles. The Morgan fingerprint density at radius 1 is 1.22 bits per heavy atom. The van der Waals surface area contributed by atoms with Crippen LogP contribution in [0.15, 0.2) is 29.6 Å². The van der Waals surface area contributed by atoms with Gasteiger partial charge in [0.15, 0.2) is 5.13 Å². The second-order valence-electron chi connectivity index (χ2n) is 10.1. The monoisotopic (exact) mass is 549 g/mol. The summed E-state index contributed by atoms with van der Waals surface area (Å²) in [5.41, 5.74) is 0.979. The van der Waals surface area contributed by atoms with Crippen LogP contribution in [0.1, 0.15) is 65.7 Å². The Morgan fingerprint density at radius 2 is 1.92 bits per heavy atom. The van der Waals surface area contributed by atoms with Crippen molar-refractivity contribution in [3.63, 3.8) is 0 Å².